The summed E-state index contributed by atoms with van der Waals surface area (Å²) in [7, 11) is 1.34. The number of carbonyl (C=O) groups is 3. The second-order valence-electron chi connectivity index (χ2n) is 3.66. The standard InChI is InChI=1S/C10H14N2O3/c1-5-10(6(2)3)7(13)11-9(15)12(4)8(10)14/h2,5H2,1,3-4H3,(H,11,13,15)/t10-/m1/s1. The minimum Gasteiger partial charge on any atom is -0.276 e. The van der Waals surface area contributed by atoms with Crippen molar-refractivity contribution in [3.8, 4) is 0 Å². The first-order chi connectivity index (χ1) is 6.87. The number of amides is 4. The van der Waals surface area contributed by atoms with Gasteiger partial charge in [-0.05, 0) is 13.3 Å². The van der Waals surface area contributed by atoms with Crippen molar-refractivity contribution in [2.24, 2.45) is 5.41 Å². The van der Waals surface area contributed by atoms with Crippen LogP contribution in [0.15, 0.2) is 12.2 Å². The summed E-state index contributed by atoms with van der Waals surface area (Å²) in [6, 6.07) is -0.685. The van der Waals surface area contributed by atoms with Crippen molar-refractivity contribution in [1.29, 1.82) is 0 Å². The molecule has 0 aromatic heterocycles. The van der Waals surface area contributed by atoms with Gasteiger partial charge in [-0.1, -0.05) is 19.1 Å². The second-order valence-corrected chi connectivity index (χ2v) is 3.66. The molecule has 15 heavy (non-hydrogen) atoms. The molecule has 0 bridgehead atoms. The van der Waals surface area contributed by atoms with Gasteiger partial charge in [0.25, 0.3) is 0 Å². The van der Waals surface area contributed by atoms with Crippen LogP contribution in [0.3, 0.4) is 0 Å². The monoisotopic (exact) mass is 210 g/mol. The SMILES string of the molecule is C=C(C)[C@]1(CC)C(=O)NC(=O)N(C)C1=O. The molecule has 0 aliphatic carbocycles. The predicted octanol–water partition coefficient (Wildman–Crippen LogP) is 0.667. The Morgan fingerprint density at radius 1 is 1.47 bits per heavy atom. The third-order valence-electron chi connectivity index (χ3n) is 2.84. The molecule has 1 heterocycles. The van der Waals surface area contributed by atoms with Crippen LogP contribution in [0.1, 0.15) is 20.3 Å². The van der Waals surface area contributed by atoms with Crippen LogP contribution in [-0.4, -0.2) is 29.8 Å². The normalized spacial score (nSPS) is 26.6. The average molecular weight is 210 g/mol. The second kappa shape index (κ2) is 3.49. The highest BCUT2D eigenvalue weighted by atomic mass is 16.2. The molecule has 0 aromatic carbocycles. The maximum absolute atomic E-state index is 11.9. The van der Waals surface area contributed by atoms with Gasteiger partial charge in [-0.15, -0.1) is 0 Å². The Labute approximate surface area is 88.1 Å². The van der Waals surface area contributed by atoms with Gasteiger partial charge in [-0.3, -0.25) is 19.8 Å². The van der Waals surface area contributed by atoms with E-state index in [1.54, 1.807) is 13.8 Å². The van der Waals surface area contributed by atoms with E-state index in [-0.39, 0.29) is 0 Å². The zero-order chi connectivity index (χ0) is 11.8. The van der Waals surface area contributed by atoms with Crippen molar-refractivity contribution in [2.75, 3.05) is 7.05 Å². The van der Waals surface area contributed by atoms with Gasteiger partial charge in [0.2, 0.25) is 11.8 Å². The van der Waals surface area contributed by atoms with Crippen LogP contribution in [-0.2, 0) is 9.59 Å². The lowest BCUT2D eigenvalue weighted by molar-refractivity contribution is -0.148. The van der Waals surface area contributed by atoms with E-state index in [0.29, 0.717) is 12.0 Å². The first kappa shape index (κ1) is 11.4. The van der Waals surface area contributed by atoms with Crippen LogP contribution in [0, 0.1) is 5.41 Å². The van der Waals surface area contributed by atoms with E-state index in [4.69, 9.17) is 0 Å². The van der Waals surface area contributed by atoms with Gasteiger partial charge in [0, 0.05) is 7.05 Å². The summed E-state index contributed by atoms with van der Waals surface area (Å²) in [4.78, 5) is 35.7. The molecule has 1 aliphatic rings. The zero-order valence-corrected chi connectivity index (χ0v) is 9.09. The van der Waals surface area contributed by atoms with E-state index in [1.165, 1.54) is 7.05 Å². The van der Waals surface area contributed by atoms with Crippen LogP contribution in [0.25, 0.3) is 0 Å². The minimum absolute atomic E-state index is 0.296. The quantitative estimate of drug-likeness (QED) is 0.538. The lowest BCUT2D eigenvalue weighted by Gasteiger charge is -2.37. The summed E-state index contributed by atoms with van der Waals surface area (Å²) in [5, 5.41) is 2.15. The van der Waals surface area contributed by atoms with E-state index in [9.17, 15) is 14.4 Å². The smallest absolute Gasteiger partial charge is 0.276 e. The molecule has 0 unspecified atom stereocenters. The summed E-state index contributed by atoms with van der Waals surface area (Å²) in [5.74, 6) is -1.09. The summed E-state index contributed by atoms with van der Waals surface area (Å²) in [6.45, 7) is 7.00. The third-order valence-corrected chi connectivity index (χ3v) is 2.84. The number of nitrogens with one attached hydrogen (secondary N) is 1. The number of imide groups is 2. The molecule has 0 spiro atoms. The molecule has 0 saturated carbocycles. The molecule has 1 atom stereocenters. The van der Waals surface area contributed by atoms with E-state index < -0.39 is 23.3 Å². The molecule has 5 nitrogen and oxygen atoms in total. The maximum Gasteiger partial charge on any atom is 0.330 e. The van der Waals surface area contributed by atoms with Gasteiger partial charge in [0.15, 0.2) is 0 Å². The minimum atomic E-state index is -1.29. The fourth-order valence-corrected chi connectivity index (χ4v) is 1.75. The first-order valence-corrected chi connectivity index (χ1v) is 4.67. The number of carbonyl (C=O) groups excluding carboxylic acids is 3. The molecule has 1 saturated heterocycles. The number of hydrogen-bond acceptors (Lipinski definition) is 3. The Kier molecular flexibility index (Phi) is 2.66. The highest BCUT2D eigenvalue weighted by Crippen LogP contribution is 2.34. The predicted molar refractivity (Wildman–Crippen MR) is 53.8 cm³/mol. The van der Waals surface area contributed by atoms with Crippen LogP contribution < -0.4 is 5.32 Å². The lowest BCUT2D eigenvalue weighted by atomic mass is 9.76. The molecule has 4 amide bonds. The molecule has 0 aromatic rings. The Bertz CT molecular complexity index is 362. The molecule has 1 aliphatic heterocycles. The molecule has 0 radical (unpaired) electrons. The van der Waals surface area contributed by atoms with Crippen LogP contribution in [0.5, 0.6) is 0 Å². The Hall–Kier alpha value is -1.65. The fourth-order valence-electron chi connectivity index (χ4n) is 1.75. The number of barbiturate groups is 1. The van der Waals surface area contributed by atoms with Crippen molar-refractivity contribution in [3.05, 3.63) is 12.2 Å². The molecule has 1 fully saturated rings. The van der Waals surface area contributed by atoms with E-state index in [2.05, 4.69) is 11.9 Å². The zero-order valence-electron chi connectivity index (χ0n) is 9.09. The van der Waals surface area contributed by atoms with Crippen molar-refractivity contribution in [1.82, 2.24) is 10.2 Å². The number of urea groups is 1. The first-order valence-electron chi connectivity index (χ1n) is 4.67. The molecular formula is C10H14N2O3. The third kappa shape index (κ3) is 1.35. The van der Waals surface area contributed by atoms with Gasteiger partial charge < -0.3 is 0 Å². The van der Waals surface area contributed by atoms with Crippen LogP contribution in [0.4, 0.5) is 4.79 Å². The van der Waals surface area contributed by atoms with Gasteiger partial charge in [-0.2, -0.15) is 0 Å². The topological polar surface area (TPSA) is 66.5 Å². The summed E-state index contributed by atoms with van der Waals surface area (Å²) >= 11 is 0. The van der Waals surface area contributed by atoms with Gasteiger partial charge in [0.1, 0.15) is 5.41 Å². The van der Waals surface area contributed by atoms with Crippen molar-refractivity contribution in [3.63, 3.8) is 0 Å². The van der Waals surface area contributed by atoms with E-state index >= 15 is 0 Å². The molecule has 1 rings (SSSR count). The Morgan fingerprint density at radius 3 is 2.40 bits per heavy atom. The van der Waals surface area contributed by atoms with E-state index in [1.807, 2.05) is 0 Å². The number of rotatable bonds is 2. The number of hydrogen-bond donors (Lipinski definition) is 1. The largest absolute Gasteiger partial charge is 0.330 e. The molecular weight excluding hydrogens is 196 g/mol. The molecule has 1 N–H and O–H groups in total. The highest BCUT2D eigenvalue weighted by Gasteiger charge is 2.52. The van der Waals surface area contributed by atoms with Gasteiger partial charge >= 0.3 is 6.03 Å². The number of nitrogens with zero attached hydrogens (tertiary/aromatic N) is 1. The van der Waals surface area contributed by atoms with Crippen molar-refractivity contribution in [2.45, 2.75) is 20.3 Å². The summed E-state index contributed by atoms with van der Waals surface area (Å²) in [5.41, 5.74) is -0.838. The summed E-state index contributed by atoms with van der Waals surface area (Å²) in [6.07, 6.45) is 0.296. The summed E-state index contributed by atoms with van der Waals surface area (Å²) < 4.78 is 0. The van der Waals surface area contributed by atoms with Crippen molar-refractivity contribution < 1.29 is 14.4 Å². The highest BCUT2D eigenvalue weighted by molar-refractivity contribution is 6.20. The molecule has 5 heteroatoms. The van der Waals surface area contributed by atoms with Crippen molar-refractivity contribution >= 4 is 17.8 Å². The molecule has 82 valence electrons. The fraction of sp³-hybridized carbons (Fsp3) is 0.500. The average Bonchev–Trinajstić information content (AvgIpc) is 2.15. The lowest BCUT2D eigenvalue weighted by Crippen LogP contribution is -2.62. The van der Waals surface area contributed by atoms with E-state index in [0.717, 1.165) is 4.90 Å². The van der Waals surface area contributed by atoms with Crippen LogP contribution >= 0.6 is 0 Å². The maximum atomic E-state index is 11.9. The van der Waals surface area contributed by atoms with Gasteiger partial charge in [-0.25, -0.2) is 4.79 Å². The Morgan fingerprint density at radius 2 is 2.00 bits per heavy atom. The Balaban J connectivity index is 3.27. The van der Waals surface area contributed by atoms with Crippen LogP contribution in [0.2, 0.25) is 0 Å². The van der Waals surface area contributed by atoms with Gasteiger partial charge in [0.05, 0.1) is 0 Å².